The van der Waals surface area contributed by atoms with Gasteiger partial charge in [-0.15, -0.1) is 0 Å². The minimum absolute atomic E-state index is 0.00273. The molecule has 0 saturated carbocycles. The van der Waals surface area contributed by atoms with E-state index in [-0.39, 0.29) is 39.2 Å². The van der Waals surface area contributed by atoms with Crippen molar-refractivity contribution in [3.05, 3.63) is 85.1 Å². The zero-order valence-electron chi connectivity index (χ0n) is 18.4. The summed E-state index contributed by atoms with van der Waals surface area (Å²) in [6.45, 7) is 4.08. The van der Waals surface area contributed by atoms with E-state index in [4.69, 9.17) is 16.3 Å². The van der Waals surface area contributed by atoms with E-state index in [1.807, 2.05) is 6.92 Å². The first-order valence-corrected chi connectivity index (χ1v) is 11.8. The molecule has 0 fully saturated rings. The lowest BCUT2D eigenvalue weighted by molar-refractivity contribution is 0.0523. The first-order chi connectivity index (χ1) is 16.3. The number of amides is 1. The molecule has 0 spiro atoms. The van der Waals surface area contributed by atoms with Crippen molar-refractivity contribution in [2.24, 2.45) is 4.99 Å². The van der Waals surface area contributed by atoms with Gasteiger partial charge in [0.05, 0.1) is 22.6 Å². The van der Waals surface area contributed by atoms with Gasteiger partial charge in [-0.3, -0.25) is 14.0 Å². The second-order valence-corrected chi connectivity index (χ2v) is 8.70. The highest BCUT2D eigenvalue weighted by atomic mass is 79.9. The quantitative estimate of drug-likeness (QED) is 0.275. The number of hydrogen-bond acceptors (Lipinski definition) is 5. The van der Waals surface area contributed by atoms with Gasteiger partial charge in [0.25, 0.3) is 11.5 Å². The number of nitrogens with zero attached hydrogens (tertiary/aromatic N) is 4. The van der Waals surface area contributed by atoms with Gasteiger partial charge in [0.2, 0.25) is 0 Å². The van der Waals surface area contributed by atoms with Crippen LogP contribution in [0.1, 0.15) is 41.0 Å². The van der Waals surface area contributed by atoms with Gasteiger partial charge in [0, 0.05) is 17.2 Å². The molecular weight excluding hydrogens is 524 g/mol. The van der Waals surface area contributed by atoms with Crippen LogP contribution in [0.2, 0.25) is 5.02 Å². The third-order valence-corrected chi connectivity index (χ3v) is 5.92. The first kappa shape index (κ1) is 23.8. The molecule has 1 amide bonds. The van der Waals surface area contributed by atoms with Gasteiger partial charge < -0.3 is 9.30 Å². The Balaban J connectivity index is 2.13. The number of hydrogen-bond donors (Lipinski definition) is 0. The lowest BCUT2D eigenvalue weighted by Crippen LogP contribution is -2.32. The number of aryl methyl sites for hydroxylation is 1. The van der Waals surface area contributed by atoms with Crippen LogP contribution in [0.25, 0.3) is 16.7 Å². The summed E-state index contributed by atoms with van der Waals surface area (Å²) >= 11 is 9.57. The third-order valence-electron chi connectivity index (χ3n) is 5.10. The molecule has 0 N–H and O–H groups in total. The molecule has 4 aromatic rings. The van der Waals surface area contributed by atoms with E-state index >= 15 is 0 Å². The third kappa shape index (κ3) is 4.41. The minimum Gasteiger partial charge on any atom is -0.462 e. The highest BCUT2D eigenvalue weighted by molar-refractivity contribution is 9.10. The summed E-state index contributed by atoms with van der Waals surface area (Å²) in [4.78, 5) is 48.3. The summed E-state index contributed by atoms with van der Waals surface area (Å²) in [5, 5.41) is 0.437. The van der Waals surface area contributed by atoms with Crippen molar-refractivity contribution in [2.75, 3.05) is 6.61 Å². The first-order valence-electron chi connectivity index (χ1n) is 10.6. The summed E-state index contributed by atoms with van der Waals surface area (Å²) in [5.41, 5.74) is 0.626. The van der Waals surface area contributed by atoms with E-state index in [9.17, 15) is 14.4 Å². The Hall–Kier alpha value is -3.30. The van der Waals surface area contributed by atoms with Crippen molar-refractivity contribution >= 4 is 56.1 Å². The van der Waals surface area contributed by atoms with Crippen molar-refractivity contribution in [3.63, 3.8) is 0 Å². The van der Waals surface area contributed by atoms with Crippen LogP contribution in [0.15, 0.2) is 62.9 Å². The van der Waals surface area contributed by atoms with Crippen LogP contribution in [0.4, 0.5) is 0 Å². The molecule has 0 aliphatic carbocycles. The van der Waals surface area contributed by atoms with Crippen molar-refractivity contribution < 1.29 is 14.3 Å². The van der Waals surface area contributed by atoms with Crippen LogP contribution in [-0.4, -0.2) is 32.4 Å². The highest BCUT2D eigenvalue weighted by Crippen LogP contribution is 2.22. The van der Waals surface area contributed by atoms with Gasteiger partial charge in [0.15, 0.2) is 5.49 Å². The lowest BCUT2D eigenvalue weighted by atomic mass is 10.2. The van der Waals surface area contributed by atoms with Gasteiger partial charge in [-0.25, -0.2) is 9.78 Å². The smallest absolute Gasteiger partial charge is 0.341 e. The summed E-state index contributed by atoms with van der Waals surface area (Å²) in [5.74, 6) is -1.34. The predicted octanol–water partition coefficient (Wildman–Crippen LogP) is 4.39. The molecule has 0 aliphatic heterocycles. The van der Waals surface area contributed by atoms with E-state index in [1.54, 1.807) is 54.1 Å². The van der Waals surface area contributed by atoms with E-state index in [0.717, 1.165) is 0 Å². The topological polar surface area (TPSA) is 95.0 Å². The number of benzene rings is 1. The zero-order chi connectivity index (χ0) is 24.4. The van der Waals surface area contributed by atoms with Gasteiger partial charge in [-0.1, -0.05) is 40.5 Å². The van der Waals surface area contributed by atoms with Crippen LogP contribution in [0.3, 0.4) is 0 Å². The largest absolute Gasteiger partial charge is 0.462 e. The van der Waals surface area contributed by atoms with Gasteiger partial charge in [0.1, 0.15) is 16.9 Å². The lowest BCUT2D eigenvalue weighted by Gasteiger charge is -2.14. The molecule has 34 heavy (non-hydrogen) atoms. The fraction of sp³-hybridized carbons (Fsp3) is 0.208. The molecule has 0 bridgehead atoms. The number of aromatic nitrogens is 3. The molecule has 0 atom stereocenters. The molecular formula is C24H20BrClN4O4. The predicted molar refractivity (Wildman–Crippen MR) is 132 cm³/mol. The number of halogens is 2. The maximum Gasteiger partial charge on any atom is 0.341 e. The summed E-state index contributed by atoms with van der Waals surface area (Å²) in [6.07, 6.45) is 2.24. The molecule has 0 radical (unpaired) electrons. The molecule has 3 heterocycles. The van der Waals surface area contributed by atoms with Crippen LogP contribution in [0, 0.1) is 0 Å². The van der Waals surface area contributed by atoms with E-state index in [2.05, 4.69) is 25.9 Å². The van der Waals surface area contributed by atoms with E-state index in [0.29, 0.717) is 28.7 Å². The highest BCUT2D eigenvalue weighted by Gasteiger charge is 2.20. The average Bonchev–Trinajstić information content (AvgIpc) is 2.82. The zero-order valence-corrected chi connectivity index (χ0v) is 20.8. The Bertz CT molecular complexity index is 1580. The molecule has 0 saturated heterocycles. The van der Waals surface area contributed by atoms with Crippen LogP contribution >= 0.6 is 27.5 Å². The van der Waals surface area contributed by atoms with Crippen LogP contribution in [0.5, 0.6) is 0 Å². The molecule has 1 aromatic carbocycles. The normalized spacial score (nSPS) is 11.8. The number of esters is 1. The molecule has 10 heteroatoms. The second kappa shape index (κ2) is 9.90. The molecule has 0 unspecified atom stereocenters. The van der Waals surface area contributed by atoms with E-state index < -0.39 is 11.9 Å². The Morgan fingerprint density at radius 3 is 2.68 bits per heavy atom. The second-order valence-electron chi connectivity index (χ2n) is 7.38. The standard InChI is InChI=1S/C24H20BrClN4O4/c1-3-10-30-20-16(23(32)29-11-6-5-7-19(29)27-20)13-17(24(33)34-4-2)21(30)28-22(31)15-12-14(25)8-9-18(15)26/h5-9,11-13H,3-4,10H2,1-2H3. The molecule has 8 nitrogen and oxygen atoms in total. The van der Waals surface area contributed by atoms with Crippen molar-refractivity contribution in [1.82, 2.24) is 14.0 Å². The Kier molecular flexibility index (Phi) is 6.95. The number of carbonyl (C=O) groups is 2. The van der Waals surface area contributed by atoms with Gasteiger partial charge >= 0.3 is 5.97 Å². The van der Waals surface area contributed by atoms with E-state index in [1.165, 1.54) is 10.5 Å². The number of fused-ring (bicyclic) bond motifs is 2. The monoisotopic (exact) mass is 542 g/mol. The van der Waals surface area contributed by atoms with Gasteiger partial charge in [-0.05, 0) is 49.7 Å². The summed E-state index contributed by atoms with van der Waals surface area (Å²) in [6, 6.07) is 11.4. The number of rotatable bonds is 5. The number of carbonyl (C=O) groups excluding carboxylic acids is 2. The summed E-state index contributed by atoms with van der Waals surface area (Å²) < 4.78 is 8.89. The van der Waals surface area contributed by atoms with Crippen molar-refractivity contribution in [3.8, 4) is 0 Å². The number of pyridine rings is 2. The number of ether oxygens (including phenoxy) is 1. The Morgan fingerprint density at radius 2 is 1.94 bits per heavy atom. The van der Waals surface area contributed by atoms with Crippen LogP contribution < -0.4 is 11.0 Å². The maximum absolute atomic E-state index is 13.3. The fourth-order valence-corrected chi connectivity index (χ4v) is 4.17. The van der Waals surface area contributed by atoms with Crippen molar-refractivity contribution in [2.45, 2.75) is 26.8 Å². The minimum atomic E-state index is -0.696. The Labute approximate surface area is 207 Å². The molecule has 174 valence electrons. The molecule has 4 rings (SSSR count). The molecule has 3 aromatic heterocycles. The van der Waals surface area contributed by atoms with Gasteiger partial charge in [-0.2, -0.15) is 4.99 Å². The molecule has 0 aliphatic rings. The van der Waals surface area contributed by atoms with Crippen LogP contribution in [-0.2, 0) is 11.3 Å². The summed E-state index contributed by atoms with van der Waals surface area (Å²) in [7, 11) is 0. The average molecular weight is 544 g/mol. The SMILES string of the molecule is CCCn1c(=NC(=O)c2cc(Br)ccc2Cl)c(C(=O)OCC)cc2c(=O)n3ccccc3nc21. The fourth-order valence-electron chi connectivity index (χ4n) is 3.61. The maximum atomic E-state index is 13.3. The van der Waals surface area contributed by atoms with Crippen molar-refractivity contribution in [1.29, 1.82) is 0 Å². The Morgan fingerprint density at radius 1 is 1.15 bits per heavy atom.